The van der Waals surface area contributed by atoms with Gasteiger partial charge in [0, 0.05) is 17.6 Å². The van der Waals surface area contributed by atoms with Crippen molar-refractivity contribution in [1.82, 2.24) is 10.6 Å². The SMILES string of the molecule is CC(Oc1ccc(Br)cc1)C(=O)NCCNC(=O)c1ccccc1Cl. The summed E-state index contributed by atoms with van der Waals surface area (Å²) in [5.41, 5.74) is 0.405. The number of carbonyl (C=O) groups is 2. The largest absolute Gasteiger partial charge is 0.481 e. The molecule has 25 heavy (non-hydrogen) atoms. The van der Waals surface area contributed by atoms with Crippen molar-refractivity contribution in [3.05, 3.63) is 63.6 Å². The Morgan fingerprint density at radius 3 is 2.40 bits per heavy atom. The van der Waals surface area contributed by atoms with Crippen molar-refractivity contribution < 1.29 is 14.3 Å². The fourth-order valence-corrected chi connectivity index (χ4v) is 2.50. The van der Waals surface area contributed by atoms with E-state index in [9.17, 15) is 9.59 Å². The zero-order chi connectivity index (χ0) is 18.2. The lowest BCUT2D eigenvalue weighted by Crippen LogP contribution is -2.40. The van der Waals surface area contributed by atoms with E-state index < -0.39 is 6.10 Å². The van der Waals surface area contributed by atoms with Gasteiger partial charge in [0.15, 0.2) is 6.10 Å². The van der Waals surface area contributed by atoms with Gasteiger partial charge >= 0.3 is 0 Å². The predicted octanol–water partition coefficient (Wildman–Crippen LogP) is 3.42. The first-order valence-electron chi connectivity index (χ1n) is 7.70. The molecule has 0 spiro atoms. The van der Waals surface area contributed by atoms with Gasteiger partial charge in [-0.1, -0.05) is 39.7 Å². The molecule has 0 heterocycles. The topological polar surface area (TPSA) is 67.4 Å². The molecule has 2 rings (SSSR count). The van der Waals surface area contributed by atoms with Crippen LogP contribution in [0.3, 0.4) is 0 Å². The van der Waals surface area contributed by atoms with Crippen LogP contribution in [0.15, 0.2) is 53.0 Å². The first-order chi connectivity index (χ1) is 12.0. The van der Waals surface area contributed by atoms with E-state index in [0.29, 0.717) is 29.4 Å². The molecule has 2 aromatic carbocycles. The molecule has 132 valence electrons. The number of ether oxygens (including phenoxy) is 1. The minimum absolute atomic E-state index is 0.255. The molecule has 0 aliphatic heterocycles. The Bertz CT molecular complexity index is 737. The third kappa shape index (κ3) is 6.07. The van der Waals surface area contributed by atoms with Crippen molar-refractivity contribution >= 4 is 39.3 Å². The lowest BCUT2D eigenvalue weighted by Gasteiger charge is -2.15. The van der Waals surface area contributed by atoms with Crippen LogP contribution in [-0.2, 0) is 4.79 Å². The molecule has 0 aliphatic carbocycles. The zero-order valence-corrected chi connectivity index (χ0v) is 15.9. The second-order valence-electron chi connectivity index (χ2n) is 5.24. The van der Waals surface area contributed by atoms with E-state index in [1.54, 1.807) is 43.3 Å². The van der Waals surface area contributed by atoms with Crippen LogP contribution >= 0.6 is 27.5 Å². The highest BCUT2D eigenvalue weighted by molar-refractivity contribution is 9.10. The Morgan fingerprint density at radius 2 is 1.72 bits per heavy atom. The monoisotopic (exact) mass is 424 g/mol. The minimum Gasteiger partial charge on any atom is -0.481 e. The highest BCUT2D eigenvalue weighted by Gasteiger charge is 2.14. The molecule has 0 aromatic heterocycles. The van der Waals surface area contributed by atoms with E-state index in [-0.39, 0.29) is 11.8 Å². The van der Waals surface area contributed by atoms with Crippen LogP contribution in [0.1, 0.15) is 17.3 Å². The summed E-state index contributed by atoms with van der Waals surface area (Å²) in [5.74, 6) is 0.0757. The molecule has 2 aromatic rings. The van der Waals surface area contributed by atoms with Crippen molar-refractivity contribution in [2.24, 2.45) is 0 Å². The summed E-state index contributed by atoms with van der Waals surface area (Å²) in [7, 11) is 0. The molecular formula is C18H18BrClN2O3. The third-order valence-electron chi connectivity index (χ3n) is 3.32. The van der Waals surface area contributed by atoms with Crippen LogP contribution < -0.4 is 15.4 Å². The fraction of sp³-hybridized carbons (Fsp3) is 0.222. The molecule has 1 atom stereocenters. The van der Waals surface area contributed by atoms with Gasteiger partial charge in [-0.25, -0.2) is 0 Å². The molecule has 0 saturated heterocycles. The average Bonchev–Trinajstić information content (AvgIpc) is 2.60. The number of carbonyl (C=O) groups excluding carboxylic acids is 2. The molecule has 1 unspecified atom stereocenters. The molecule has 7 heteroatoms. The highest BCUT2D eigenvalue weighted by Crippen LogP contribution is 2.17. The second-order valence-corrected chi connectivity index (χ2v) is 6.56. The Morgan fingerprint density at radius 1 is 1.08 bits per heavy atom. The second kappa shape index (κ2) is 9.44. The van der Waals surface area contributed by atoms with Gasteiger partial charge < -0.3 is 15.4 Å². The Balaban J connectivity index is 1.72. The number of amides is 2. The Hall–Kier alpha value is -2.05. The van der Waals surface area contributed by atoms with E-state index >= 15 is 0 Å². The summed E-state index contributed by atoms with van der Waals surface area (Å²) in [6.45, 7) is 2.25. The summed E-state index contributed by atoms with van der Waals surface area (Å²) < 4.78 is 6.49. The van der Waals surface area contributed by atoms with Crippen LogP contribution in [0, 0.1) is 0 Å². The summed E-state index contributed by atoms with van der Waals surface area (Å²) in [5, 5.41) is 5.81. The summed E-state index contributed by atoms with van der Waals surface area (Å²) >= 11 is 9.30. The van der Waals surface area contributed by atoms with Crippen molar-refractivity contribution in [1.29, 1.82) is 0 Å². The first kappa shape index (κ1) is 19.3. The molecule has 0 aliphatic rings. The summed E-state index contributed by atoms with van der Waals surface area (Å²) in [6, 6.07) is 14.0. The van der Waals surface area contributed by atoms with Crippen molar-refractivity contribution in [2.45, 2.75) is 13.0 Å². The molecule has 0 bridgehead atoms. The van der Waals surface area contributed by atoms with E-state index in [2.05, 4.69) is 26.6 Å². The first-order valence-corrected chi connectivity index (χ1v) is 8.87. The number of benzene rings is 2. The lowest BCUT2D eigenvalue weighted by atomic mass is 10.2. The molecule has 0 saturated carbocycles. The molecular weight excluding hydrogens is 408 g/mol. The van der Waals surface area contributed by atoms with Gasteiger partial charge in [-0.3, -0.25) is 9.59 Å². The summed E-state index contributed by atoms with van der Waals surface area (Å²) in [4.78, 5) is 24.0. The minimum atomic E-state index is -0.638. The molecule has 2 N–H and O–H groups in total. The molecule has 2 amide bonds. The maximum atomic E-state index is 12.0. The van der Waals surface area contributed by atoms with Crippen LogP contribution in [0.2, 0.25) is 5.02 Å². The lowest BCUT2D eigenvalue weighted by molar-refractivity contribution is -0.127. The molecule has 0 radical (unpaired) electrons. The van der Waals surface area contributed by atoms with Gasteiger partial charge in [0.05, 0.1) is 10.6 Å². The number of hydrogen-bond donors (Lipinski definition) is 2. The number of nitrogens with one attached hydrogen (secondary N) is 2. The normalized spacial score (nSPS) is 11.5. The molecule has 5 nitrogen and oxygen atoms in total. The summed E-state index contributed by atoms with van der Waals surface area (Å²) in [6.07, 6.45) is -0.638. The highest BCUT2D eigenvalue weighted by atomic mass is 79.9. The maximum Gasteiger partial charge on any atom is 0.260 e. The fourth-order valence-electron chi connectivity index (χ4n) is 2.02. The Kier molecular flexibility index (Phi) is 7.28. The predicted molar refractivity (Wildman–Crippen MR) is 101 cm³/mol. The van der Waals surface area contributed by atoms with Gasteiger partial charge in [0.1, 0.15) is 5.75 Å². The van der Waals surface area contributed by atoms with Crippen molar-refractivity contribution in [3.8, 4) is 5.75 Å². The number of hydrogen-bond acceptors (Lipinski definition) is 3. The smallest absolute Gasteiger partial charge is 0.260 e. The van der Waals surface area contributed by atoms with Gasteiger partial charge in [-0.15, -0.1) is 0 Å². The van der Waals surface area contributed by atoms with Gasteiger partial charge in [-0.2, -0.15) is 0 Å². The average molecular weight is 426 g/mol. The third-order valence-corrected chi connectivity index (χ3v) is 4.18. The van der Waals surface area contributed by atoms with Crippen LogP contribution in [0.25, 0.3) is 0 Å². The van der Waals surface area contributed by atoms with Crippen molar-refractivity contribution in [3.63, 3.8) is 0 Å². The zero-order valence-electron chi connectivity index (χ0n) is 13.6. The van der Waals surface area contributed by atoms with Gasteiger partial charge in [0.2, 0.25) is 0 Å². The van der Waals surface area contributed by atoms with Gasteiger partial charge in [-0.05, 0) is 43.3 Å². The van der Waals surface area contributed by atoms with E-state index in [4.69, 9.17) is 16.3 Å². The quantitative estimate of drug-likeness (QED) is 0.668. The number of halogens is 2. The van der Waals surface area contributed by atoms with Gasteiger partial charge in [0.25, 0.3) is 11.8 Å². The van der Waals surface area contributed by atoms with E-state index in [0.717, 1.165) is 4.47 Å². The standard InChI is InChI=1S/C18H18BrClN2O3/c1-12(25-14-8-6-13(19)7-9-14)17(23)21-10-11-22-18(24)15-4-2-3-5-16(15)20/h2-9,12H,10-11H2,1H3,(H,21,23)(H,22,24). The Labute approximate surface area is 159 Å². The maximum absolute atomic E-state index is 12.0. The number of rotatable bonds is 7. The van der Waals surface area contributed by atoms with Crippen LogP contribution in [0.4, 0.5) is 0 Å². The van der Waals surface area contributed by atoms with E-state index in [1.165, 1.54) is 0 Å². The van der Waals surface area contributed by atoms with Crippen LogP contribution in [0.5, 0.6) is 5.75 Å². The van der Waals surface area contributed by atoms with E-state index in [1.807, 2.05) is 12.1 Å². The van der Waals surface area contributed by atoms with Crippen molar-refractivity contribution in [2.75, 3.05) is 13.1 Å². The van der Waals surface area contributed by atoms with Crippen LogP contribution in [-0.4, -0.2) is 31.0 Å². The molecule has 0 fully saturated rings.